The molecule has 0 unspecified atom stereocenters. The number of rotatable bonds is 6. The van der Waals surface area contributed by atoms with Gasteiger partial charge in [0.25, 0.3) is 11.8 Å². The minimum atomic E-state index is -0.406. The van der Waals surface area contributed by atoms with Crippen LogP contribution in [0.15, 0.2) is 66.4 Å². The van der Waals surface area contributed by atoms with E-state index >= 15 is 0 Å². The van der Waals surface area contributed by atoms with Crippen LogP contribution in [0.2, 0.25) is 5.02 Å². The van der Waals surface area contributed by atoms with E-state index in [9.17, 15) is 9.59 Å². The predicted molar refractivity (Wildman–Crippen MR) is 133 cm³/mol. The van der Waals surface area contributed by atoms with Crippen molar-refractivity contribution in [2.75, 3.05) is 16.8 Å². The van der Waals surface area contributed by atoms with Crippen LogP contribution in [0.1, 0.15) is 29.2 Å². The van der Waals surface area contributed by atoms with Gasteiger partial charge in [-0.25, -0.2) is 4.90 Å². The molecule has 0 aromatic heterocycles. The molecule has 5 nitrogen and oxygen atoms in total. The van der Waals surface area contributed by atoms with Gasteiger partial charge in [0.05, 0.1) is 17.9 Å². The molecule has 0 radical (unpaired) electrons. The summed E-state index contributed by atoms with van der Waals surface area (Å²) in [7, 11) is 0. The Bertz CT molecular complexity index is 1280. The molecule has 3 aromatic rings. The summed E-state index contributed by atoms with van der Waals surface area (Å²) in [4.78, 5) is 28.6. The Morgan fingerprint density at radius 3 is 2.33 bits per heavy atom. The highest BCUT2D eigenvalue weighted by Gasteiger charge is 2.41. The van der Waals surface area contributed by atoms with E-state index in [-0.39, 0.29) is 11.6 Å². The summed E-state index contributed by atoms with van der Waals surface area (Å²) < 4.78 is 5.53. The second-order valence-electron chi connectivity index (χ2n) is 7.96. The molecule has 1 heterocycles. The average Bonchev–Trinajstić information content (AvgIpc) is 3.03. The van der Waals surface area contributed by atoms with E-state index in [1.165, 1.54) is 4.90 Å². The Labute approximate surface area is 198 Å². The lowest BCUT2D eigenvalue weighted by Crippen LogP contribution is -2.33. The van der Waals surface area contributed by atoms with Gasteiger partial charge in [0.15, 0.2) is 0 Å². The fourth-order valence-electron chi connectivity index (χ4n) is 3.86. The molecule has 2 amide bonds. The normalized spacial score (nSPS) is 13.7. The summed E-state index contributed by atoms with van der Waals surface area (Å²) in [6, 6.07) is 18.2. The van der Waals surface area contributed by atoms with Gasteiger partial charge in [-0.2, -0.15) is 0 Å². The van der Waals surface area contributed by atoms with E-state index in [2.05, 4.69) is 5.32 Å². The van der Waals surface area contributed by atoms with Gasteiger partial charge in [-0.05, 0) is 80.3 Å². The van der Waals surface area contributed by atoms with Crippen molar-refractivity contribution in [3.63, 3.8) is 0 Å². The maximum absolute atomic E-state index is 13.7. The molecule has 0 atom stereocenters. The zero-order chi connectivity index (χ0) is 23.7. The Morgan fingerprint density at radius 1 is 0.909 bits per heavy atom. The van der Waals surface area contributed by atoms with E-state index < -0.39 is 5.91 Å². The van der Waals surface area contributed by atoms with E-state index in [4.69, 9.17) is 16.3 Å². The second-order valence-corrected chi connectivity index (χ2v) is 8.39. The predicted octanol–water partition coefficient (Wildman–Crippen LogP) is 6.06. The van der Waals surface area contributed by atoms with Crippen LogP contribution in [-0.2, 0) is 9.59 Å². The molecule has 0 saturated carbocycles. The van der Waals surface area contributed by atoms with E-state index in [0.717, 1.165) is 16.7 Å². The first-order valence-electron chi connectivity index (χ1n) is 10.8. The van der Waals surface area contributed by atoms with Crippen molar-refractivity contribution in [1.29, 1.82) is 0 Å². The van der Waals surface area contributed by atoms with Crippen molar-refractivity contribution >= 4 is 40.4 Å². The lowest BCUT2D eigenvalue weighted by atomic mass is 10.0. The number of anilines is 2. The van der Waals surface area contributed by atoms with Gasteiger partial charge in [0, 0.05) is 10.7 Å². The molecule has 1 N–H and O–H groups in total. The van der Waals surface area contributed by atoms with Crippen LogP contribution in [0, 0.1) is 20.8 Å². The highest BCUT2D eigenvalue weighted by Crippen LogP contribution is 2.37. The number of ether oxygens (including phenoxy) is 1. The van der Waals surface area contributed by atoms with Crippen molar-refractivity contribution in [3.8, 4) is 5.75 Å². The zero-order valence-corrected chi connectivity index (χ0v) is 19.8. The Balaban J connectivity index is 1.85. The van der Waals surface area contributed by atoms with Crippen molar-refractivity contribution in [1.82, 2.24) is 0 Å². The number of imide groups is 1. The highest BCUT2D eigenvalue weighted by molar-refractivity contribution is 6.46. The Kier molecular flexibility index (Phi) is 6.25. The number of amides is 2. The summed E-state index contributed by atoms with van der Waals surface area (Å²) in [5, 5.41) is 3.74. The summed E-state index contributed by atoms with van der Waals surface area (Å²) >= 11 is 6.20. The molecule has 0 spiro atoms. The highest BCUT2D eigenvalue weighted by atomic mass is 35.5. The van der Waals surface area contributed by atoms with Crippen molar-refractivity contribution in [2.24, 2.45) is 0 Å². The molecule has 6 heteroatoms. The monoisotopic (exact) mass is 460 g/mol. The third kappa shape index (κ3) is 4.24. The van der Waals surface area contributed by atoms with Gasteiger partial charge in [0.2, 0.25) is 0 Å². The lowest BCUT2D eigenvalue weighted by molar-refractivity contribution is -0.120. The van der Waals surface area contributed by atoms with Crippen LogP contribution < -0.4 is 15.0 Å². The smallest absolute Gasteiger partial charge is 0.282 e. The quantitative estimate of drug-likeness (QED) is 0.454. The number of aryl methyl sites for hydroxylation is 2. The maximum atomic E-state index is 13.7. The van der Waals surface area contributed by atoms with Crippen LogP contribution in [0.3, 0.4) is 0 Å². The summed E-state index contributed by atoms with van der Waals surface area (Å²) in [5.74, 6) is -0.0813. The Morgan fingerprint density at radius 2 is 1.64 bits per heavy atom. The largest absolute Gasteiger partial charge is 0.494 e. The van der Waals surface area contributed by atoms with Gasteiger partial charge in [-0.3, -0.25) is 9.59 Å². The van der Waals surface area contributed by atoms with Crippen molar-refractivity contribution in [2.45, 2.75) is 27.7 Å². The molecule has 0 bridgehead atoms. The van der Waals surface area contributed by atoms with Gasteiger partial charge in [0.1, 0.15) is 11.4 Å². The minimum absolute atomic E-state index is 0.218. The number of halogens is 1. The molecular formula is C27H25ClN2O3. The van der Waals surface area contributed by atoms with Gasteiger partial charge >= 0.3 is 0 Å². The number of nitrogens with one attached hydrogen (secondary N) is 1. The first-order chi connectivity index (χ1) is 15.8. The second kappa shape index (κ2) is 9.12. The molecular weight excluding hydrogens is 436 g/mol. The first kappa shape index (κ1) is 22.6. The number of carbonyl (C=O) groups excluding carboxylic acids is 2. The number of hydrogen-bond acceptors (Lipinski definition) is 4. The molecule has 0 saturated heterocycles. The maximum Gasteiger partial charge on any atom is 0.282 e. The third-order valence-corrected chi connectivity index (χ3v) is 6.05. The van der Waals surface area contributed by atoms with Crippen molar-refractivity contribution in [3.05, 3.63) is 93.6 Å². The summed E-state index contributed by atoms with van der Waals surface area (Å²) in [6.07, 6.45) is 0. The summed E-state index contributed by atoms with van der Waals surface area (Å²) in [5.41, 5.74) is 5.19. The van der Waals surface area contributed by atoms with Crippen LogP contribution in [0.5, 0.6) is 5.75 Å². The van der Waals surface area contributed by atoms with E-state index in [1.807, 2.05) is 45.9 Å². The average molecular weight is 461 g/mol. The fraction of sp³-hybridized carbons (Fsp3) is 0.185. The number of benzene rings is 3. The lowest BCUT2D eigenvalue weighted by Gasteiger charge is -2.19. The molecule has 1 aliphatic heterocycles. The number of hydrogen-bond donors (Lipinski definition) is 1. The molecule has 3 aromatic carbocycles. The fourth-order valence-corrected chi connectivity index (χ4v) is 4.03. The number of nitrogens with zero attached hydrogens (tertiary/aromatic N) is 1. The minimum Gasteiger partial charge on any atom is -0.494 e. The zero-order valence-electron chi connectivity index (χ0n) is 19.0. The summed E-state index contributed by atoms with van der Waals surface area (Å²) in [6.45, 7) is 8.24. The molecule has 0 fully saturated rings. The third-order valence-electron chi connectivity index (χ3n) is 5.81. The molecule has 33 heavy (non-hydrogen) atoms. The van der Waals surface area contributed by atoms with Crippen molar-refractivity contribution < 1.29 is 14.3 Å². The van der Waals surface area contributed by atoms with E-state index in [1.54, 1.807) is 42.5 Å². The van der Waals surface area contributed by atoms with E-state index in [0.29, 0.717) is 39.9 Å². The van der Waals surface area contributed by atoms with Crippen LogP contribution >= 0.6 is 11.6 Å². The molecule has 1 aliphatic rings. The van der Waals surface area contributed by atoms with Crippen LogP contribution in [0.4, 0.5) is 11.4 Å². The molecule has 168 valence electrons. The standard InChI is InChI=1S/C27H25ClN2O3/c1-5-33-21-13-10-19(11-14-21)24-25(29-22-15-20(28)12-9-17(22)3)27(32)30(26(24)31)23-8-6-7-16(2)18(23)4/h6-15,29H,5H2,1-4H3. The van der Waals surface area contributed by atoms with Gasteiger partial charge in [-0.1, -0.05) is 41.9 Å². The molecule has 4 rings (SSSR count). The van der Waals surface area contributed by atoms with Crippen LogP contribution in [0.25, 0.3) is 5.57 Å². The first-order valence-corrected chi connectivity index (χ1v) is 11.1. The number of carbonyl (C=O) groups is 2. The van der Waals surface area contributed by atoms with Crippen LogP contribution in [-0.4, -0.2) is 18.4 Å². The molecule has 0 aliphatic carbocycles. The topological polar surface area (TPSA) is 58.6 Å². The van der Waals surface area contributed by atoms with Gasteiger partial charge in [-0.15, -0.1) is 0 Å². The van der Waals surface area contributed by atoms with Gasteiger partial charge < -0.3 is 10.1 Å². The Hall–Kier alpha value is -3.57. The SMILES string of the molecule is CCOc1ccc(C2=C(Nc3cc(Cl)ccc3C)C(=O)N(c3cccc(C)c3C)C2=O)cc1.